The summed E-state index contributed by atoms with van der Waals surface area (Å²) in [7, 11) is 2.16. The van der Waals surface area contributed by atoms with Gasteiger partial charge < -0.3 is 15.5 Å². The van der Waals surface area contributed by atoms with Crippen molar-refractivity contribution < 1.29 is 0 Å². The maximum atomic E-state index is 4.65. The van der Waals surface area contributed by atoms with Crippen LogP contribution in [0.2, 0.25) is 0 Å². The van der Waals surface area contributed by atoms with Gasteiger partial charge in [-0.1, -0.05) is 30.3 Å². The summed E-state index contributed by atoms with van der Waals surface area (Å²) < 4.78 is 0. The van der Waals surface area contributed by atoms with E-state index >= 15 is 0 Å². The van der Waals surface area contributed by atoms with Gasteiger partial charge in [-0.3, -0.25) is 4.99 Å². The average Bonchev–Trinajstić information content (AvgIpc) is 2.43. The molecular formula is C18H33IN4. The minimum Gasteiger partial charge on any atom is -0.357 e. The van der Waals surface area contributed by atoms with E-state index in [1.807, 2.05) is 0 Å². The van der Waals surface area contributed by atoms with Crippen LogP contribution in [0.1, 0.15) is 39.7 Å². The minimum absolute atomic E-state index is 0. The van der Waals surface area contributed by atoms with Crippen molar-refractivity contribution in [1.82, 2.24) is 15.5 Å². The molecule has 0 bridgehead atoms. The van der Waals surface area contributed by atoms with Crippen molar-refractivity contribution in [3.05, 3.63) is 35.9 Å². The molecule has 2 N–H and O–H groups in total. The zero-order chi connectivity index (χ0) is 16.4. The number of hydrogen-bond donors (Lipinski definition) is 2. The largest absolute Gasteiger partial charge is 0.357 e. The molecule has 0 atom stereocenters. The fourth-order valence-electron chi connectivity index (χ4n) is 2.17. The molecule has 0 amide bonds. The molecule has 0 unspecified atom stereocenters. The highest BCUT2D eigenvalue weighted by molar-refractivity contribution is 14.0. The molecule has 5 heteroatoms. The SMILES string of the molecule is CCNC(=NCCCN(C)Cc1ccccc1)NC(C)(C)C.I. The number of halogens is 1. The number of hydrogen-bond acceptors (Lipinski definition) is 2. The highest BCUT2D eigenvalue weighted by Gasteiger charge is 2.11. The fourth-order valence-corrected chi connectivity index (χ4v) is 2.17. The molecule has 0 saturated heterocycles. The quantitative estimate of drug-likeness (QED) is 0.300. The highest BCUT2D eigenvalue weighted by atomic mass is 127. The van der Waals surface area contributed by atoms with E-state index in [0.717, 1.165) is 38.6 Å². The summed E-state index contributed by atoms with van der Waals surface area (Å²) in [5.74, 6) is 0.903. The fraction of sp³-hybridized carbons (Fsp3) is 0.611. The van der Waals surface area contributed by atoms with Gasteiger partial charge in [0, 0.05) is 25.2 Å². The second-order valence-electron chi connectivity index (χ2n) is 6.71. The van der Waals surface area contributed by atoms with Gasteiger partial charge >= 0.3 is 0 Å². The summed E-state index contributed by atoms with van der Waals surface area (Å²) >= 11 is 0. The van der Waals surface area contributed by atoms with E-state index in [-0.39, 0.29) is 29.5 Å². The van der Waals surface area contributed by atoms with E-state index in [4.69, 9.17) is 0 Å². The van der Waals surface area contributed by atoms with Crippen LogP contribution in [0.25, 0.3) is 0 Å². The summed E-state index contributed by atoms with van der Waals surface area (Å²) in [6.07, 6.45) is 1.06. The first-order valence-electron chi connectivity index (χ1n) is 8.19. The lowest BCUT2D eigenvalue weighted by molar-refractivity contribution is 0.324. The Kier molecular flexibility index (Phi) is 11.3. The summed E-state index contributed by atoms with van der Waals surface area (Å²) in [5, 5.41) is 6.70. The second-order valence-corrected chi connectivity index (χ2v) is 6.71. The number of nitrogens with one attached hydrogen (secondary N) is 2. The maximum Gasteiger partial charge on any atom is 0.191 e. The first-order valence-corrected chi connectivity index (χ1v) is 8.19. The summed E-state index contributed by atoms with van der Waals surface area (Å²) in [6.45, 7) is 12.3. The molecule has 0 aromatic heterocycles. The molecule has 1 aromatic rings. The second kappa shape index (κ2) is 11.7. The molecule has 0 fully saturated rings. The zero-order valence-electron chi connectivity index (χ0n) is 15.2. The van der Waals surface area contributed by atoms with Crippen molar-refractivity contribution in [2.24, 2.45) is 4.99 Å². The van der Waals surface area contributed by atoms with Gasteiger partial charge in [-0.25, -0.2) is 0 Å². The van der Waals surface area contributed by atoms with Crippen LogP contribution in [0, 0.1) is 0 Å². The van der Waals surface area contributed by atoms with Crippen molar-refractivity contribution in [1.29, 1.82) is 0 Å². The van der Waals surface area contributed by atoms with Crippen LogP contribution < -0.4 is 10.6 Å². The van der Waals surface area contributed by atoms with Gasteiger partial charge in [-0.15, -0.1) is 24.0 Å². The Balaban J connectivity index is 0.00000484. The van der Waals surface area contributed by atoms with Crippen molar-refractivity contribution in [3.63, 3.8) is 0 Å². The van der Waals surface area contributed by atoms with Crippen molar-refractivity contribution in [3.8, 4) is 0 Å². The monoisotopic (exact) mass is 432 g/mol. The normalized spacial score (nSPS) is 12.0. The predicted octanol–water partition coefficient (Wildman–Crippen LogP) is 3.48. The molecule has 0 aliphatic rings. The van der Waals surface area contributed by atoms with Gasteiger partial charge in [-0.05, 0) is 53.3 Å². The van der Waals surface area contributed by atoms with Gasteiger partial charge in [0.15, 0.2) is 5.96 Å². The molecule has 132 valence electrons. The van der Waals surface area contributed by atoms with E-state index in [1.165, 1.54) is 5.56 Å². The van der Waals surface area contributed by atoms with Crippen LogP contribution in [0.4, 0.5) is 0 Å². The molecule has 0 spiro atoms. The summed E-state index contributed by atoms with van der Waals surface area (Å²) in [6, 6.07) is 10.6. The lowest BCUT2D eigenvalue weighted by Gasteiger charge is -2.24. The third kappa shape index (κ3) is 11.4. The molecule has 1 rings (SSSR count). The van der Waals surface area contributed by atoms with E-state index in [9.17, 15) is 0 Å². The molecule has 23 heavy (non-hydrogen) atoms. The van der Waals surface area contributed by atoms with Gasteiger partial charge in [0.05, 0.1) is 0 Å². The van der Waals surface area contributed by atoms with Gasteiger partial charge in [0.25, 0.3) is 0 Å². The Morgan fingerprint density at radius 3 is 2.39 bits per heavy atom. The number of aliphatic imine (C=N–C) groups is 1. The molecule has 0 aliphatic carbocycles. The Labute approximate surface area is 159 Å². The van der Waals surface area contributed by atoms with Crippen molar-refractivity contribution >= 4 is 29.9 Å². The smallest absolute Gasteiger partial charge is 0.191 e. The van der Waals surface area contributed by atoms with Gasteiger partial charge in [0.2, 0.25) is 0 Å². The number of rotatable bonds is 7. The Morgan fingerprint density at radius 1 is 1.17 bits per heavy atom. The lowest BCUT2D eigenvalue weighted by Crippen LogP contribution is -2.47. The standard InChI is InChI=1S/C18H32N4.HI/c1-6-19-17(21-18(2,3)4)20-13-10-14-22(5)15-16-11-8-7-9-12-16;/h7-9,11-12H,6,10,13-15H2,1-5H3,(H2,19,20,21);1H. The third-order valence-corrected chi connectivity index (χ3v) is 3.10. The zero-order valence-corrected chi connectivity index (χ0v) is 17.6. The van der Waals surface area contributed by atoms with E-state index in [0.29, 0.717) is 0 Å². The summed E-state index contributed by atoms with van der Waals surface area (Å²) in [5.41, 5.74) is 1.39. The van der Waals surface area contributed by atoms with Crippen LogP contribution in [-0.2, 0) is 6.54 Å². The summed E-state index contributed by atoms with van der Waals surface area (Å²) in [4.78, 5) is 6.99. The lowest BCUT2D eigenvalue weighted by atomic mass is 10.1. The molecule has 0 heterocycles. The molecule has 4 nitrogen and oxygen atoms in total. The first-order chi connectivity index (χ1) is 10.4. The molecular weight excluding hydrogens is 399 g/mol. The molecule has 1 aromatic carbocycles. The van der Waals surface area contributed by atoms with E-state index < -0.39 is 0 Å². The van der Waals surface area contributed by atoms with Crippen LogP contribution in [0.5, 0.6) is 0 Å². The van der Waals surface area contributed by atoms with E-state index in [1.54, 1.807) is 0 Å². The van der Waals surface area contributed by atoms with Crippen LogP contribution in [0.3, 0.4) is 0 Å². The third-order valence-electron chi connectivity index (χ3n) is 3.10. The Bertz CT molecular complexity index is 440. The van der Waals surface area contributed by atoms with E-state index in [2.05, 4.69) is 85.6 Å². The van der Waals surface area contributed by atoms with Crippen LogP contribution in [0.15, 0.2) is 35.3 Å². The molecule has 0 aliphatic heterocycles. The minimum atomic E-state index is 0. The van der Waals surface area contributed by atoms with Crippen LogP contribution >= 0.6 is 24.0 Å². The van der Waals surface area contributed by atoms with Gasteiger partial charge in [-0.2, -0.15) is 0 Å². The van der Waals surface area contributed by atoms with Crippen LogP contribution in [-0.4, -0.2) is 43.1 Å². The Hall–Kier alpha value is -0.820. The highest BCUT2D eigenvalue weighted by Crippen LogP contribution is 2.03. The first kappa shape index (κ1) is 22.2. The average molecular weight is 432 g/mol. The topological polar surface area (TPSA) is 39.7 Å². The molecule has 0 radical (unpaired) electrons. The molecule has 0 saturated carbocycles. The maximum absolute atomic E-state index is 4.65. The number of benzene rings is 1. The predicted molar refractivity (Wildman–Crippen MR) is 112 cm³/mol. The number of guanidine groups is 1. The van der Waals surface area contributed by atoms with Gasteiger partial charge in [0.1, 0.15) is 0 Å². The van der Waals surface area contributed by atoms with Crippen molar-refractivity contribution in [2.75, 3.05) is 26.7 Å². The number of nitrogens with zero attached hydrogens (tertiary/aromatic N) is 2. The Morgan fingerprint density at radius 2 is 1.83 bits per heavy atom. The van der Waals surface area contributed by atoms with Crippen molar-refractivity contribution in [2.45, 2.75) is 46.2 Å².